The summed E-state index contributed by atoms with van der Waals surface area (Å²) in [6.07, 6.45) is -0.201. The Balaban J connectivity index is 1.54. The molecule has 124 valence electrons. The molecule has 1 aliphatic rings. The van der Waals surface area contributed by atoms with Crippen molar-refractivity contribution in [2.24, 2.45) is 5.92 Å². The summed E-state index contributed by atoms with van der Waals surface area (Å²) in [5, 5.41) is 14.3. The molecular formula is C17H23N3O2S. The quantitative estimate of drug-likeness (QED) is 0.675. The fraction of sp³-hybridized carbons (Fsp3) is 0.471. The van der Waals surface area contributed by atoms with Gasteiger partial charge in [0.2, 0.25) is 5.91 Å². The summed E-state index contributed by atoms with van der Waals surface area (Å²) in [4.78, 5) is 13.0. The van der Waals surface area contributed by atoms with Crippen molar-refractivity contribution in [3.05, 3.63) is 35.2 Å². The van der Waals surface area contributed by atoms with E-state index in [1.165, 1.54) is 0 Å². The van der Waals surface area contributed by atoms with Gasteiger partial charge < -0.3 is 10.4 Å². The van der Waals surface area contributed by atoms with Crippen LogP contribution in [-0.4, -0.2) is 29.6 Å². The van der Waals surface area contributed by atoms with Gasteiger partial charge in [0.15, 0.2) is 0 Å². The Bertz CT molecular complexity index is 644. The summed E-state index contributed by atoms with van der Waals surface area (Å²) in [6.45, 7) is 4.39. The van der Waals surface area contributed by atoms with E-state index in [2.05, 4.69) is 30.0 Å². The molecule has 6 heteroatoms. The zero-order valence-electron chi connectivity index (χ0n) is 13.4. The van der Waals surface area contributed by atoms with Crippen LogP contribution >= 0.6 is 11.3 Å². The number of amides is 1. The zero-order valence-corrected chi connectivity index (χ0v) is 14.2. The second-order valence-corrected chi connectivity index (χ2v) is 7.36. The van der Waals surface area contributed by atoms with Gasteiger partial charge in [-0.2, -0.15) is 0 Å². The first kappa shape index (κ1) is 16.4. The minimum atomic E-state index is -0.661. The molecule has 0 spiro atoms. The molecule has 3 rings (SSSR count). The van der Waals surface area contributed by atoms with E-state index in [4.69, 9.17) is 0 Å². The van der Waals surface area contributed by atoms with Gasteiger partial charge in [-0.25, -0.2) is 0 Å². The van der Waals surface area contributed by atoms with Crippen LogP contribution in [0.15, 0.2) is 30.3 Å². The summed E-state index contributed by atoms with van der Waals surface area (Å²) in [6, 6.07) is 10.6. The highest BCUT2D eigenvalue weighted by Crippen LogP contribution is 2.29. The summed E-state index contributed by atoms with van der Waals surface area (Å²) in [5.74, 6) is 0.246. The molecule has 0 saturated carbocycles. The number of carbonyl (C=O) groups is 1. The van der Waals surface area contributed by atoms with Crippen molar-refractivity contribution in [3.63, 3.8) is 0 Å². The number of rotatable bonds is 5. The van der Waals surface area contributed by atoms with Crippen LogP contribution in [0.2, 0.25) is 0 Å². The number of fused-ring (bicyclic) bond motifs is 1. The molecule has 1 saturated heterocycles. The molecule has 0 radical (unpaired) electrons. The molecule has 1 aromatic carbocycles. The van der Waals surface area contributed by atoms with Crippen LogP contribution in [0.25, 0.3) is 10.1 Å². The van der Waals surface area contributed by atoms with E-state index in [-0.39, 0.29) is 30.5 Å². The Morgan fingerprint density at radius 1 is 1.30 bits per heavy atom. The largest absolute Gasteiger partial charge is 0.386 e. The van der Waals surface area contributed by atoms with Crippen LogP contribution in [0.3, 0.4) is 0 Å². The van der Waals surface area contributed by atoms with Crippen LogP contribution in [0.1, 0.15) is 31.2 Å². The Kier molecular flexibility index (Phi) is 4.96. The molecule has 0 aliphatic carbocycles. The number of thiophene rings is 1. The number of nitrogens with one attached hydrogen (secondary N) is 3. The van der Waals surface area contributed by atoms with Gasteiger partial charge in [0.25, 0.3) is 0 Å². The Morgan fingerprint density at radius 2 is 2.00 bits per heavy atom. The third-order valence-corrected chi connectivity index (χ3v) is 5.73. The van der Waals surface area contributed by atoms with Gasteiger partial charge >= 0.3 is 0 Å². The molecule has 2 heterocycles. The second kappa shape index (κ2) is 6.97. The lowest BCUT2D eigenvalue weighted by atomic mass is 9.93. The number of aliphatic hydroxyl groups excluding tert-OH is 1. The average molecular weight is 333 g/mol. The Hall–Kier alpha value is -1.47. The maximum atomic E-state index is 12.1. The molecule has 1 amide bonds. The standard InChI is InChI=1S/C17H23N3O2S/c1-10-13(11(2)20-19-10)8-17(22)18-9-14(21)16-7-12-5-3-4-6-15(12)23-16/h3-7,10-11,13-14,19-21H,8-9H2,1-2H3,(H,18,22). The molecule has 3 unspecified atom stereocenters. The average Bonchev–Trinajstić information content (AvgIpc) is 3.11. The first-order valence-corrected chi connectivity index (χ1v) is 8.80. The van der Waals surface area contributed by atoms with Crippen LogP contribution in [0.4, 0.5) is 0 Å². The minimum absolute atomic E-state index is 0.0145. The van der Waals surface area contributed by atoms with E-state index in [0.29, 0.717) is 6.42 Å². The highest BCUT2D eigenvalue weighted by atomic mass is 32.1. The predicted octanol–water partition coefficient (Wildman–Crippen LogP) is 1.94. The van der Waals surface area contributed by atoms with E-state index < -0.39 is 6.10 Å². The van der Waals surface area contributed by atoms with Gasteiger partial charge in [0, 0.05) is 40.5 Å². The molecule has 1 aliphatic heterocycles. The number of hydrazine groups is 1. The monoisotopic (exact) mass is 333 g/mol. The predicted molar refractivity (Wildman–Crippen MR) is 93.1 cm³/mol. The molecule has 3 atom stereocenters. The minimum Gasteiger partial charge on any atom is -0.386 e. The van der Waals surface area contributed by atoms with Gasteiger partial charge in [0.05, 0.1) is 0 Å². The molecular weight excluding hydrogens is 310 g/mol. The molecule has 0 bridgehead atoms. The molecule has 23 heavy (non-hydrogen) atoms. The molecule has 1 fully saturated rings. The fourth-order valence-electron chi connectivity index (χ4n) is 3.03. The van der Waals surface area contributed by atoms with Crippen molar-refractivity contribution in [1.82, 2.24) is 16.2 Å². The Morgan fingerprint density at radius 3 is 2.70 bits per heavy atom. The second-order valence-electron chi connectivity index (χ2n) is 6.24. The first-order valence-electron chi connectivity index (χ1n) is 7.99. The first-order chi connectivity index (χ1) is 11.0. The van der Waals surface area contributed by atoms with Crippen molar-refractivity contribution >= 4 is 27.3 Å². The van der Waals surface area contributed by atoms with E-state index in [9.17, 15) is 9.90 Å². The van der Waals surface area contributed by atoms with Gasteiger partial charge in [-0.3, -0.25) is 15.6 Å². The number of benzene rings is 1. The van der Waals surface area contributed by atoms with Crippen molar-refractivity contribution in [3.8, 4) is 0 Å². The van der Waals surface area contributed by atoms with E-state index in [1.54, 1.807) is 11.3 Å². The fourth-order valence-corrected chi connectivity index (χ4v) is 4.08. The van der Waals surface area contributed by atoms with Gasteiger partial charge in [0.1, 0.15) is 6.10 Å². The van der Waals surface area contributed by atoms with Crippen LogP contribution in [-0.2, 0) is 4.79 Å². The normalized spacial score (nSPS) is 25.6. The summed E-state index contributed by atoms with van der Waals surface area (Å²) in [7, 11) is 0. The molecule has 5 nitrogen and oxygen atoms in total. The maximum Gasteiger partial charge on any atom is 0.220 e. The van der Waals surface area contributed by atoms with E-state index >= 15 is 0 Å². The van der Waals surface area contributed by atoms with Crippen LogP contribution < -0.4 is 16.2 Å². The van der Waals surface area contributed by atoms with Crippen molar-refractivity contribution in [1.29, 1.82) is 0 Å². The third kappa shape index (κ3) is 3.72. The third-order valence-electron chi connectivity index (χ3n) is 4.51. The molecule has 2 aromatic rings. The number of aliphatic hydroxyl groups is 1. The van der Waals surface area contributed by atoms with E-state index in [0.717, 1.165) is 15.0 Å². The van der Waals surface area contributed by atoms with Crippen LogP contribution in [0, 0.1) is 5.92 Å². The smallest absolute Gasteiger partial charge is 0.220 e. The summed E-state index contributed by atoms with van der Waals surface area (Å²) >= 11 is 1.57. The number of hydrogen-bond donors (Lipinski definition) is 4. The lowest BCUT2D eigenvalue weighted by molar-refractivity contribution is -0.122. The topological polar surface area (TPSA) is 73.4 Å². The van der Waals surface area contributed by atoms with Crippen molar-refractivity contribution in [2.45, 2.75) is 38.5 Å². The van der Waals surface area contributed by atoms with Gasteiger partial charge in [-0.1, -0.05) is 18.2 Å². The SMILES string of the molecule is CC1NNC(C)C1CC(=O)NCC(O)c1cc2ccccc2s1. The lowest BCUT2D eigenvalue weighted by Crippen LogP contribution is -2.34. The summed E-state index contributed by atoms with van der Waals surface area (Å²) in [5.41, 5.74) is 6.31. The van der Waals surface area contributed by atoms with E-state index in [1.807, 2.05) is 30.3 Å². The lowest BCUT2D eigenvalue weighted by Gasteiger charge is -2.18. The maximum absolute atomic E-state index is 12.1. The van der Waals surface area contributed by atoms with Crippen LogP contribution in [0.5, 0.6) is 0 Å². The molecule has 4 N–H and O–H groups in total. The van der Waals surface area contributed by atoms with Gasteiger partial charge in [-0.05, 0) is 31.4 Å². The highest BCUT2D eigenvalue weighted by molar-refractivity contribution is 7.19. The summed E-state index contributed by atoms with van der Waals surface area (Å²) < 4.78 is 1.15. The Labute approximate surface area is 140 Å². The highest BCUT2D eigenvalue weighted by Gasteiger charge is 2.31. The number of carbonyl (C=O) groups excluding carboxylic acids is 1. The number of hydrogen-bond acceptors (Lipinski definition) is 5. The zero-order chi connectivity index (χ0) is 16.4. The van der Waals surface area contributed by atoms with Crippen molar-refractivity contribution < 1.29 is 9.90 Å². The van der Waals surface area contributed by atoms with Gasteiger partial charge in [-0.15, -0.1) is 11.3 Å². The van der Waals surface area contributed by atoms with Crippen molar-refractivity contribution in [2.75, 3.05) is 6.54 Å². The molecule has 1 aromatic heterocycles.